The summed E-state index contributed by atoms with van der Waals surface area (Å²) in [6, 6.07) is 5.56. The van der Waals surface area contributed by atoms with Crippen LogP contribution in [0.4, 0.5) is 0 Å². The lowest BCUT2D eigenvalue weighted by Crippen LogP contribution is -1.99. The van der Waals surface area contributed by atoms with Gasteiger partial charge in [0.2, 0.25) is 0 Å². The van der Waals surface area contributed by atoms with E-state index in [9.17, 15) is 0 Å². The van der Waals surface area contributed by atoms with Gasteiger partial charge in [0.1, 0.15) is 0 Å². The first-order valence-corrected chi connectivity index (χ1v) is 6.37. The molecule has 14 heavy (non-hydrogen) atoms. The van der Waals surface area contributed by atoms with Gasteiger partial charge in [-0.3, -0.25) is 0 Å². The van der Waals surface area contributed by atoms with E-state index in [1.807, 2.05) is 23.9 Å². The molecule has 1 aromatic rings. The summed E-state index contributed by atoms with van der Waals surface area (Å²) < 4.78 is 0. The first kappa shape index (κ1) is 12.2. The Kier molecular flexibility index (Phi) is 5.71. The summed E-state index contributed by atoms with van der Waals surface area (Å²) in [6.45, 7) is 0.746. The van der Waals surface area contributed by atoms with Gasteiger partial charge < -0.3 is 5.73 Å². The Morgan fingerprint density at radius 2 is 2.07 bits per heavy atom. The molecule has 0 saturated carbocycles. The van der Waals surface area contributed by atoms with E-state index in [-0.39, 0.29) is 0 Å². The molecule has 0 radical (unpaired) electrons. The molecule has 0 bridgehead atoms. The molecule has 0 atom stereocenters. The maximum Gasteiger partial charge on any atom is 0.0447 e. The lowest BCUT2D eigenvalue weighted by atomic mass is 10.2. The minimum atomic E-state index is 0.740. The summed E-state index contributed by atoms with van der Waals surface area (Å²) in [6.07, 6.45) is 1.04. The molecule has 4 heteroatoms. The molecule has 0 heterocycles. The van der Waals surface area contributed by atoms with Gasteiger partial charge in [0, 0.05) is 15.8 Å². The highest BCUT2D eigenvalue weighted by molar-refractivity contribution is 7.98. The fourth-order valence-corrected chi connectivity index (χ4v) is 2.45. The van der Waals surface area contributed by atoms with Crippen molar-refractivity contribution < 1.29 is 0 Å². The normalized spacial score (nSPS) is 10.5. The fraction of sp³-hybridized carbons (Fsp3) is 0.400. The van der Waals surface area contributed by atoms with Crippen LogP contribution in [-0.4, -0.2) is 12.3 Å². The third kappa shape index (κ3) is 4.09. The van der Waals surface area contributed by atoms with Gasteiger partial charge in [-0.25, -0.2) is 0 Å². The average molecular weight is 250 g/mol. The second-order valence-corrected chi connectivity index (χ2v) is 4.88. The summed E-state index contributed by atoms with van der Waals surface area (Å²) >= 11 is 13.7. The second-order valence-electron chi connectivity index (χ2n) is 2.93. The van der Waals surface area contributed by atoms with Crippen molar-refractivity contribution in [2.45, 2.75) is 12.2 Å². The summed E-state index contributed by atoms with van der Waals surface area (Å²) in [4.78, 5) is 0. The SMILES string of the molecule is NCCCSCc1cc(Cl)ccc1Cl. The van der Waals surface area contributed by atoms with E-state index in [0.717, 1.165) is 40.1 Å². The monoisotopic (exact) mass is 249 g/mol. The minimum Gasteiger partial charge on any atom is -0.330 e. The molecule has 0 fully saturated rings. The third-order valence-electron chi connectivity index (χ3n) is 1.76. The number of nitrogens with two attached hydrogens (primary N) is 1. The molecule has 1 rings (SSSR count). The van der Waals surface area contributed by atoms with Gasteiger partial charge in [-0.15, -0.1) is 0 Å². The quantitative estimate of drug-likeness (QED) is 0.808. The first-order chi connectivity index (χ1) is 6.74. The summed E-state index contributed by atoms with van der Waals surface area (Å²) in [5.74, 6) is 1.97. The van der Waals surface area contributed by atoms with Crippen molar-refractivity contribution in [1.82, 2.24) is 0 Å². The Hall–Kier alpha value is 0.110. The van der Waals surface area contributed by atoms with E-state index < -0.39 is 0 Å². The smallest absolute Gasteiger partial charge is 0.0447 e. The molecule has 0 saturated heterocycles. The van der Waals surface area contributed by atoms with E-state index in [1.54, 1.807) is 6.07 Å². The van der Waals surface area contributed by atoms with E-state index in [2.05, 4.69) is 0 Å². The number of rotatable bonds is 5. The van der Waals surface area contributed by atoms with Crippen LogP contribution in [0.15, 0.2) is 18.2 Å². The molecule has 0 aliphatic rings. The number of hydrogen-bond donors (Lipinski definition) is 1. The standard InChI is InChI=1S/C10H13Cl2NS/c11-9-2-3-10(12)8(6-9)7-14-5-1-4-13/h2-3,6H,1,4-5,7,13H2. The molecule has 78 valence electrons. The van der Waals surface area contributed by atoms with Crippen LogP contribution in [0.1, 0.15) is 12.0 Å². The molecule has 0 amide bonds. The zero-order valence-corrected chi connectivity index (χ0v) is 10.1. The average Bonchev–Trinajstić information content (AvgIpc) is 2.18. The summed E-state index contributed by atoms with van der Waals surface area (Å²) in [7, 11) is 0. The molecule has 2 N–H and O–H groups in total. The van der Waals surface area contributed by atoms with Gasteiger partial charge in [0.05, 0.1) is 0 Å². The highest BCUT2D eigenvalue weighted by Crippen LogP contribution is 2.24. The van der Waals surface area contributed by atoms with Gasteiger partial charge in [-0.1, -0.05) is 23.2 Å². The van der Waals surface area contributed by atoms with Crippen molar-refractivity contribution in [2.75, 3.05) is 12.3 Å². The Bertz CT molecular complexity index is 291. The van der Waals surface area contributed by atoms with Crippen molar-refractivity contribution >= 4 is 35.0 Å². The molecular formula is C10H13Cl2NS. The summed E-state index contributed by atoms with van der Waals surface area (Å²) in [5.41, 5.74) is 6.50. The number of hydrogen-bond acceptors (Lipinski definition) is 2. The fourth-order valence-electron chi connectivity index (χ4n) is 1.02. The Morgan fingerprint density at radius 3 is 2.79 bits per heavy atom. The van der Waals surface area contributed by atoms with E-state index in [4.69, 9.17) is 28.9 Å². The summed E-state index contributed by atoms with van der Waals surface area (Å²) in [5, 5.41) is 1.53. The highest BCUT2D eigenvalue weighted by atomic mass is 35.5. The topological polar surface area (TPSA) is 26.0 Å². The number of thioether (sulfide) groups is 1. The second kappa shape index (κ2) is 6.57. The lowest BCUT2D eigenvalue weighted by molar-refractivity contribution is 0.943. The zero-order chi connectivity index (χ0) is 10.4. The lowest BCUT2D eigenvalue weighted by Gasteiger charge is -2.04. The van der Waals surface area contributed by atoms with Crippen LogP contribution in [0.2, 0.25) is 10.0 Å². The molecule has 0 spiro atoms. The molecule has 0 aliphatic heterocycles. The first-order valence-electron chi connectivity index (χ1n) is 4.46. The Labute approximate surface area is 99.0 Å². The van der Waals surface area contributed by atoms with Crippen LogP contribution in [0.3, 0.4) is 0 Å². The molecule has 0 aliphatic carbocycles. The zero-order valence-electron chi connectivity index (χ0n) is 7.80. The molecule has 1 nitrogen and oxygen atoms in total. The van der Waals surface area contributed by atoms with Gasteiger partial charge in [-0.05, 0) is 42.5 Å². The minimum absolute atomic E-state index is 0.740. The predicted octanol–water partition coefficient (Wildman–Crippen LogP) is 3.58. The molecular weight excluding hydrogens is 237 g/mol. The highest BCUT2D eigenvalue weighted by Gasteiger charge is 2.00. The van der Waals surface area contributed by atoms with Crippen LogP contribution in [0.25, 0.3) is 0 Å². The van der Waals surface area contributed by atoms with Crippen molar-refractivity contribution in [3.8, 4) is 0 Å². The van der Waals surface area contributed by atoms with Gasteiger partial charge >= 0.3 is 0 Å². The number of halogens is 2. The van der Waals surface area contributed by atoms with Crippen LogP contribution in [0.5, 0.6) is 0 Å². The van der Waals surface area contributed by atoms with Crippen LogP contribution in [0, 0.1) is 0 Å². The van der Waals surface area contributed by atoms with Gasteiger partial charge in [0.25, 0.3) is 0 Å². The van der Waals surface area contributed by atoms with Crippen molar-refractivity contribution in [3.63, 3.8) is 0 Å². The molecule has 0 unspecified atom stereocenters. The van der Waals surface area contributed by atoms with Crippen LogP contribution < -0.4 is 5.73 Å². The largest absolute Gasteiger partial charge is 0.330 e. The number of benzene rings is 1. The van der Waals surface area contributed by atoms with Crippen LogP contribution >= 0.6 is 35.0 Å². The van der Waals surface area contributed by atoms with Gasteiger partial charge in [0.15, 0.2) is 0 Å². The van der Waals surface area contributed by atoms with E-state index in [1.165, 1.54) is 0 Å². The van der Waals surface area contributed by atoms with Crippen molar-refractivity contribution in [1.29, 1.82) is 0 Å². The molecule has 1 aromatic carbocycles. The molecule has 0 aromatic heterocycles. The van der Waals surface area contributed by atoms with E-state index in [0.29, 0.717) is 0 Å². The predicted molar refractivity (Wildman–Crippen MR) is 66.3 cm³/mol. The van der Waals surface area contributed by atoms with Gasteiger partial charge in [-0.2, -0.15) is 11.8 Å². The van der Waals surface area contributed by atoms with Crippen molar-refractivity contribution in [3.05, 3.63) is 33.8 Å². The maximum atomic E-state index is 6.01. The maximum absolute atomic E-state index is 6.01. The Morgan fingerprint density at radius 1 is 1.29 bits per heavy atom. The van der Waals surface area contributed by atoms with E-state index >= 15 is 0 Å². The van der Waals surface area contributed by atoms with Crippen molar-refractivity contribution in [2.24, 2.45) is 5.73 Å². The Balaban J connectivity index is 2.45. The third-order valence-corrected chi connectivity index (χ3v) is 3.45. The van der Waals surface area contributed by atoms with Crippen LogP contribution in [-0.2, 0) is 5.75 Å².